The van der Waals surface area contributed by atoms with Gasteiger partial charge in [0.15, 0.2) is 5.82 Å². The Morgan fingerprint density at radius 2 is 1.97 bits per heavy atom. The second kappa shape index (κ2) is 6.99. The Bertz CT molecular complexity index is 1040. The van der Waals surface area contributed by atoms with Crippen molar-refractivity contribution in [2.24, 2.45) is 16.0 Å². The minimum absolute atomic E-state index is 0.0429. The van der Waals surface area contributed by atoms with Crippen LogP contribution in [0.5, 0.6) is 0 Å². The topological polar surface area (TPSA) is 47.3 Å². The summed E-state index contributed by atoms with van der Waals surface area (Å²) in [6.45, 7) is 7.35. The molecule has 31 heavy (non-hydrogen) atoms. The predicted molar refractivity (Wildman–Crippen MR) is 119 cm³/mol. The van der Waals surface area contributed by atoms with Crippen molar-refractivity contribution in [3.8, 4) is 0 Å². The van der Waals surface area contributed by atoms with E-state index in [1.54, 1.807) is 0 Å². The molecule has 162 valence electrons. The summed E-state index contributed by atoms with van der Waals surface area (Å²) in [5.74, 6) is 1.93. The number of pyridine rings is 1. The number of hydrogen-bond acceptors (Lipinski definition) is 6. The Morgan fingerprint density at radius 3 is 2.77 bits per heavy atom. The molecule has 1 spiro atoms. The highest BCUT2D eigenvalue weighted by atomic mass is 19.1. The SMILES string of the molecule is CC1=CN2N=C3C(C=C2N=C1N1CCCC1)[C@]31CCCCN1C(C)c1cccnc1F. The zero-order chi connectivity index (χ0) is 21.2. The molecule has 3 fully saturated rings. The minimum Gasteiger partial charge on any atom is -0.356 e. The van der Waals surface area contributed by atoms with E-state index < -0.39 is 0 Å². The molecule has 0 bridgehead atoms. The van der Waals surface area contributed by atoms with E-state index in [4.69, 9.17) is 10.1 Å². The van der Waals surface area contributed by atoms with Gasteiger partial charge in [0.05, 0.1) is 11.3 Å². The molecule has 1 saturated carbocycles. The number of aromatic nitrogens is 1. The fourth-order valence-electron chi connectivity index (χ4n) is 6.05. The van der Waals surface area contributed by atoms with E-state index in [1.807, 2.05) is 17.1 Å². The van der Waals surface area contributed by atoms with E-state index in [9.17, 15) is 4.39 Å². The van der Waals surface area contributed by atoms with Gasteiger partial charge in [-0.1, -0.05) is 6.07 Å². The van der Waals surface area contributed by atoms with Gasteiger partial charge in [0.1, 0.15) is 5.84 Å². The van der Waals surface area contributed by atoms with Crippen LogP contribution in [0, 0.1) is 11.9 Å². The molecule has 5 aliphatic rings. The fourth-order valence-corrected chi connectivity index (χ4v) is 6.05. The number of nitrogens with zero attached hydrogens (tertiary/aromatic N) is 6. The van der Waals surface area contributed by atoms with E-state index in [0.29, 0.717) is 5.56 Å². The van der Waals surface area contributed by atoms with Crippen molar-refractivity contribution in [1.29, 1.82) is 0 Å². The highest BCUT2D eigenvalue weighted by Crippen LogP contribution is 2.57. The van der Waals surface area contributed by atoms with Crippen molar-refractivity contribution in [1.82, 2.24) is 19.8 Å². The average molecular weight is 421 g/mol. The van der Waals surface area contributed by atoms with Gasteiger partial charge >= 0.3 is 0 Å². The zero-order valence-corrected chi connectivity index (χ0v) is 18.3. The summed E-state index contributed by atoms with van der Waals surface area (Å²) in [6.07, 6.45) is 11.8. The molecule has 7 heteroatoms. The van der Waals surface area contributed by atoms with E-state index in [-0.39, 0.29) is 23.4 Å². The third-order valence-electron chi connectivity index (χ3n) is 7.65. The Morgan fingerprint density at radius 1 is 1.16 bits per heavy atom. The van der Waals surface area contributed by atoms with Crippen molar-refractivity contribution >= 4 is 11.5 Å². The molecule has 2 saturated heterocycles. The smallest absolute Gasteiger partial charge is 0.217 e. The molecule has 0 amide bonds. The third-order valence-corrected chi connectivity index (χ3v) is 7.65. The molecule has 2 unspecified atom stereocenters. The van der Waals surface area contributed by atoms with Crippen LogP contribution in [-0.2, 0) is 0 Å². The van der Waals surface area contributed by atoms with Crippen LogP contribution in [0.15, 0.2) is 52.1 Å². The van der Waals surface area contributed by atoms with Gasteiger partial charge in [0.2, 0.25) is 5.95 Å². The Kier molecular flexibility index (Phi) is 4.32. The van der Waals surface area contributed by atoms with Gasteiger partial charge < -0.3 is 4.90 Å². The first kappa shape index (κ1) is 19.2. The molecular formula is C24H29FN6. The molecule has 5 heterocycles. The summed E-state index contributed by atoms with van der Waals surface area (Å²) < 4.78 is 14.5. The number of rotatable bonds is 2. The number of aliphatic imine (C=N–C) groups is 1. The third kappa shape index (κ3) is 2.82. The van der Waals surface area contributed by atoms with Crippen LogP contribution in [0.3, 0.4) is 0 Å². The lowest BCUT2D eigenvalue weighted by atomic mass is 9.93. The van der Waals surface area contributed by atoms with Crippen LogP contribution in [-0.4, -0.2) is 56.5 Å². The lowest BCUT2D eigenvalue weighted by molar-refractivity contribution is 0.0891. The molecule has 0 N–H and O–H groups in total. The molecule has 1 aromatic heterocycles. The van der Waals surface area contributed by atoms with Gasteiger partial charge in [0.25, 0.3) is 0 Å². The maximum absolute atomic E-state index is 14.5. The minimum atomic E-state index is -0.365. The van der Waals surface area contributed by atoms with Gasteiger partial charge in [-0.05, 0) is 64.6 Å². The van der Waals surface area contributed by atoms with Crippen LogP contribution in [0.4, 0.5) is 4.39 Å². The largest absolute Gasteiger partial charge is 0.356 e. The first-order valence-electron chi connectivity index (χ1n) is 11.6. The van der Waals surface area contributed by atoms with Crippen LogP contribution in [0.2, 0.25) is 0 Å². The van der Waals surface area contributed by atoms with Crippen molar-refractivity contribution in [2.45, 2.75) is 57.5 Å². The fraction of sp³-hybridized carbons (Fsp3) is 0.542. The first-order chi connectivity index (χ1) is 15.1. The summed E-state index contributed by atoms with van der Waals surface area (Å²) in [6, 6.07) is 3.65. The summed E-state index contributed by atoms with van der Waals surface area (Å²) in [7, 11) is 0. The number of halogens is 1. The number of hydrogen-bond donors (Lipinski definition) is 0. The molecule has 4 aliphatic heterocycles. The van der Waals surface area contributed by atoms with Crippen LogP contribution >= 0.6 is 0 Å². The number of likely N-dealkylation sites (tertiary alicyclic amines) is 2. The first-order valence-corrected chi connectivity index (χ1v) is 11.6. The molecule has 1 aromatic rings. The van der Waals surface area contributed by atoms with Gasteiger partial charge in [0, 0.05) is 48.6 Å². The van der Waals surface area contributed by atoms with Crippen molar-refractivity contribution in [3.05, 3.63) is 53.5 Å². The second-order valence-corrected chi connectivity index (χ2v) is 9.41. The molecule has 1 aliphatic carbocycles. The van der Waals surface area contributed by atoms with Crippen LogP contribution in [0.25, 0.3) is 0 Å². The van der Waals surface area contributed by atoms with E-state index in [2.05, 4.69) is 40.9 Å². The molecular weight excluding hydrogens is 391 g/mol. The van der Waals surface area contributed by atoms with E-state index in [0.717, 1.165) is 44.1 Å². The van der Waals surface area contributed by atoms with Crippen molar-refractivity contribution < 1.29 is 4.39 Å². The van der Waals surface area contributed by atoms with Gasteiger partial charge in [-0.15, -0.1) is 0 Å². The number of fused-ring (bicyclic) bond motifs is 4. The normalized spacial score (nSPS) is 30.9. The van der Waals surface area contributed by atoms with Gasteiger partial charge in [-0.25, -0.2) is 15.0 Å². The quantitative estimate of drug-likeness (QED) is 0.677. The summed E-state index contributed by atoms with van der Waals surface area (Å²) in [5, 5.41) is 7.00. The number of amidine groups is 1. The number of piperidine rings is 1. The highest BCUT2D eigenvalue weighted by molar-refractivity contribution is 6.15. The Labute approximate surface area is 182 Å². The predicted octanol–water partition coefficient (Wildman–Crippen LogP) is 4.06. The number of hydrazone groups is 1. The van der Waals surface area contributed by atoms with Crippen molar-refractivity contribution in [2.75, 3.05) is 19.6 Å². The Hall–Kier alpha value is -2.54. The monoisotopic (exact) mass is 420 g/mol. The van der Waals surface area contributed by atoms with Gasteiger partial charge in [-0.3, -0.25) is 4.90 Å². The molecule has 0 radical (unpaired) electrons. The maximum atomic E-state index is 14.5. The zero-order valence-electron chi connectivity index (χ0n) is 18.3. The summed E-state index contributed by atoms with van der Waals surface area (Å²) >= 11 is 0. The average Bonchev–Trinajstić information content (AvgIpc) is 3.14. The van der Waals surface area contributed by atoms with E-state index in [1.165, 1.54) is 36.7 Å². The lowest BCUT2D eigenvalue weighted by Crippen LogP contribution is -2.46. The molecule has 6 rings (SSSR count). The molecule has 6 nitrogen and oxygen atoms in total. The maximum Gasteiger partial charge on any atom is 0.217 e. The van der Waals surface area contributed by atoms with Gasteiger partial charge in [-0.2, -0.15) is 9.49 Å². The van der Waals surface area contributed by atoms with E-state index >= 15 is 0 Å². The molecule has 3 atom stereocenters. The second-order valence-electron chi connectivity index (χ2n) is 9.41. The molecule has 0 aromatic carbocycles. The Balaban J connectivity index is 1.34. The standard InChI is InChI=1S/C24H29FN6/c1-16-15-31-20(27-23(16)29-11-5-6-12-29)14-19-21(28-31)24(19)9-3-4-13-30(24)17(2)18-8-7-10-26-22(18)25/h7-8,10,14-15,17,19H,3-6,9,11-13H2,1-2H3/t17?,19?,24-/m1/s1. The summed E-state index contributed by atoms with van der Waals surface area (Å²) in [4.78, 5) is 13.8. The van der Waals surface area contributed by atoms with Crippen LogP contribution in [0.1, 0.15) is 57.6 Å². The van der Waals surface area contributed by atoms with Crippen LogP contribution < -0.4 is 0 Å². The highest BCUT2D eigenvalue weighted by Gasteiger charge is 2.67. The van der Waals surface area contributed by atoms with Crippen molar-refractivity contribution in [3.63, 3.8) is 0 Å². The lowest BCUT2D eigenvalue weighted by Gasteiger charge is -2.40. The summed E-state index contributed by atoms with van der Waals surface area (Å²) in [5.41, 5.74) is 2.93.